The van der Waals surface area contributed by atoms with E-state index in [-0.39, 0.29) is 12.3 Å². The number of nitrogens with zero attached hydrogens (tertiary/aromatic N) is 2. The van der Waals surface area contributed by atoms with Crippen LogP contribution >= 0.6 is 27.5 Å². The molecule has 2 heterocycles. The number of rotatable bonds is 3. The van der Waals surface area contributed by atoms with E-state index in [4.69, 9.17) is 21.4 Å². The minimum absolute atomic E-state index is 0.131. The SMILES string of the molecule is CC(C)c1ccc([C@@H]2Oc3ccc(Br)cc3[C@@H]3CC(c4ccc(Cl)cc4)=NN32)cc1. The lowest BCUT2D eigenvalue weighted by Crippen LogP contribution is -2.33. The predicted molar refractivity (Wildman–Crippen MR) is 125 cm³/mol. The Morgan fingerprint density at radius 2 is 1.77 bits per heavy atom. The third-order valence-corrected chi connectivity index (χ3v) is 6.56. The van der Waals surface area contributed by atoms with Crippen molar-refractivity contribution >= 4 is 33.2 Å². The molecule has 2 aliphatic rings. The Morgan fingerprint density at radius 1 is 1.03 bits per heavy atom. The zero-order valence-corrected chi connectivity index (χ0v) is 19.2. The van der Waals surface area contributed by atoms with E-state index >= 15 is 0 Å². The molecule has 0 amide bonds. The molecule has 2 atom stereocenters. The molecular weight excluding hydrogens is 460 g/mol. The molecule has 2 aliphatic heterocycles. The van der Waals surface area contributed by atoms with Crippen molar-refractivity contribution in [1.82, 2.24) is 5.01 Å². The van der Waals surface area contributed by atoms with Crippen molar-refractivity contribution in [1.29, 1.82) is 0 Å². The molecular formula is C25H22BrClN2O. The number of hydrazone groups is 1. The second-order valence-corrected chi connectivity index (χ2v) is 9.48. The van der Waals surface area contributed by atoms with Gasteiger partial charge in [-0.2, -0.15) is 5.10 Å². The van der Waals surface area contributed by atoms with Gasteiger partial charge >= 0.3 is 0 Å². The maximum atomic E-state index is 6.47. The van der Waals surface area contributed by atoms with Crippen molar-refractivity contribution < 1.29 is 4.74 Å². The van der Waals surface area contributed by atoms with E-state index in [0.29, 0.717) is 5.92 Å². The molecule has 152 valence electrons. The Bertz CT molecular complexity index is 1110. The summed E-state index contributed by atoms with van der Waals surface area (Å²) in [5.41, 5.74) is 5.74. The van der Waals surface area contributed by atoms with Gasteiger partial charge in [0.2, 0.25) is 6.23 Å². The van der Waals surface area contributed by atoms with Crippen LogP contribution in [0.5, 0.6) is 5.75 Å². The van der Waals surface area contributed by atoms with E-state index in [1.165, 1.54) is 5.56 Å². The van der Waals surface area contributed by atoms with Crippen LogP contribution in [0.2, 0.25) is 5.02 Å². The molecule has 5 heteroatoms. The summed E-state index contributed by atoms with van der Waals surface area (Å²) >= 11 is 9.70. The van der Waals surface area contributed by atoms with Crippen LogP contribution in [-0.2, 0) is 0 Å². The van der Waals surface area contributed by atoms with Gasteiger partial charge in [-0.3, -0.25) is 0 Å². The van der Waals surface area contributed by atoms with Crippen molar-refractivity contribution in [3.63, 3.8) is 0 Å². The lowest BCUT2D eigenvalue weighted by Gasteiger charge is -2.38. The van der Waals surface area contributed by atoms with Crippen LogP contribution in [0.25, 0.3) is 0 Å². The Morgan fingerprint density at radius 3 is 2.47 bits per heavy atom. The van der Waals surface area contributed by atoms with Gasteiger partial charge in [0, 0.05) is 27.0 Å². The highest BCUT2D eigenvalue weighted by Crippen LogP contribution is 2.48. The lowest BCUT2D eigenvalue weighted by atomic mass is 9.95. The topological polar surface area (TPSA) is 24.8 Å². The second kappa shape index (κ2) is 7.75. The molecule has 0 saturated carbocycles. The first-order valence-electron chi connectivity index (χ1n) is 10.2. The van der Waals surface area contributed by atoms with Crippen LogP contribution in [0.4, 0.5) is 0 Å². The molecule has 0 aromatic heterocycles. The molecule has 3 aromatic rings. The summed E-state index contributed by atoms with van der Waals surface area (Å²) in [5, 5.41) is 7.87. The third-order valence-electron chi connectivity index (χ3n) is 5.82. The van der Waals surface area contributed by atoms with Gasteiger partial charge in [0.15, 0.2) is 0 Å². The Balaban J connectivity index is 1.57. The average Bonchev–Trinajstić information content (AvgIpc) is 3.19. The molecule has 0 saturated heterocycles. The quantitative estimate of drug-likeness (QED) is 0.387. The third kappa shape index (κ3) is 3.52. The summed E-state index contributed by atoms with van der Waals surface area (Å²) in [6, 6.07) is 23.0. The first-order chi connectivity index (χ1) is 14.5. The van der Waals surface area contributed by atoms with Crippen molar-refractivity contribution in [3.05, 3.63) is 98.5 Å². The van der Waals surface area contributed by atoms with Gasteiger partial charge in [-0.1, -0.05) is 77.8 Å². The molecule has 0 aliphatic carbocycles. The summed E-state index contributed by atoms with van der Waals surface area (Å²) in [4.78, 5) is 0. The molecule has 0 unspecified atom stereocenters. The fourth-order valence-corrected chi connectivity index (χ4v) is 4.65. The smallest absolute Gasteiger partial charge is 0.213 e. The fraction of sp³-hybridized carbons (Fsp3) is 0.240. The van der Waals surface area contributed by atoms with Crippen molar-refractivity contribution in [2.75, 3.05) is 0 Å². The van der Waals surface area contributed by atoms with Crippen LogP contribution in [-0.4, -0.2) is 10.7 Å². The number of hydrogen-bond acceptors (Lipinski definition) is 3. The molecule has 5 rings (SSSR count). The van der Waals surface area contributed by atoms with E-state index in [2.05, 4.69) is 65.1 Å². The number of benzene rings is 3. The van der Waals surface area contributed by atoms with Crippen LogP contribution < -0.4 is 4.74 Å². The van der Waals surface area contributed by atoms with Gasteiger partial charge in [0.1, 0.15) is 5.75 Å². The summed E-state index contributed by atoms with van der Waals surface area (Å²) < 4.78 is 7.51. The van der Waals surface area contributed by atoms with Crippen molar-refractivity contribution in [2.45, 2.75) is 38.5 Å². The fourth-order valence-electron chi connectivity index (χ4n) is 4.14. The normalized spacial score (nSPS) is 19.9. The molecule has 3 aromatic carbocycles. The van der Waals surface area contributed by atoms with Crippen LogP contribution in [0.1, 0.15) is 60.7 Å². The van der Waals surface area contributed by atoms with E-state index in [1.54, 1.807) is 0 Å². The van der Waals surface area contributed by atoms with E-state index < -0.39 is 0 Å². The van der Waals surface area contributed by atoms with Gasteiger partial charge in [-0.25, -0.2) is 5.01 Å². The summed E-state index contributed by atoms with van der Waals surface area (Å²) in [7, 11) is 0. The molecule has 0 N–H and O–H groups in total. The first kappa shape index (κ1) is 19.7. The van der Waals surface area contributed by atoms with Gasteiger partial charge in [0.25, 0.3) is 0 Å². The highest BCUT2D eigenvalue weighted by atomic mass is 79.9. The molecule has 0 radical (unpaired) electrons. The lowest BCUT2D eigenvalue weighted by molar-refractivity contribution is -0.0190. The molecule has 0 bridgehead atoms. The van der Waals surface area contributed by atoms with Crippen molar-refractivity contribution in [3.8, 4) is 5.75 Å². The van der Waals surface area contributed by atoms with Crippen LogP contribution in [0.15, 0.2) is 76.3 Å². The monoisotopic (exact) mass is 480 g/mol. The maximum absolute atomic E-state index is 6.47. The Hall–Kier alpha value is -2.30. The highest BCUT2D eigenvalue weighted by Gasteiger charge is 2.41. The Labute approximate surface area is 190 Å². The first-order valence-corrected chi connectivity index (χ1v) is 11.3. The zero-order valence-electron chi connectivity index (χ0n) is 16.8. The summed E-state index contributed by atoms with van der Waals surface area (Å²) in [5.74, 6) is 1.42. The minimum atomic E-state index is -0.255. The van der Waals surface area contributed by atoms with E-state index in [0.717, 1.165) is 44.1 Å². The van der Waals surface area contributed by atoms with E-state index in [1.807, 2.05) is 36.4 Å². The molecule has 0 fully saturated rings. The van der Waals surface area contributed by atoms with Crippen LogP contribution in [0.3, 0.4) is 0 Å². The second-order valence-electron chi connectivity index (χ2n) is 8.13. The maximum Gasteiger partial charge on any atom is 0.213 e. The van der Waals surface area contributed by atoms with Crippen LogP contribution in [0, 0.1) is 0 Å². The number of ether oxygens (including phenoxy) is 1. The standard InChI is InChI=1S/C25H22BrClN2O/c1-15(2)16-3-5-18(6-4-16)25-29-23(21-13-19(26)9-12-24(21)30-25)14-22(28-29)17-7-10-20(27)11-8-17/h3-13,15,23,25H,14H2,1-2H3/t23-,25-/m0/s1. The molecule has 3 nitrogen and oxygen atoms in total. The van der Waals surface area contributed by atoms with Crippen molar-refractivity contribution in [2.24, 2.45) is 5.10 Å². The van der Waals surface area contributed by atoms with Gasteiger partial charge in [-0.15, -0.1) is 0 Å². The van der Waals surface area contributed by atoms with Gasteiger partial charge in [0.05, 0.1) is 11.8 Å². The Kier molecular flexibility index (Phi) is 5.08. The highest BCUT2D eigenvalue weighted by molar-refractivity contribution is 9.10. The zero-order chi connectivity index (χ0) is 20.8. The van der Waals surface area contributed by atoms with Gasteiger partial charge in [-0.05, 0) is 47.4 Å². The van der Waals surface area contributed by atoms with Gasteiger partial charge < -0.3 is 4.74 Å². The number of halogens is 2. The number of hydrogen-bond donors (Lipinski definition) is 0. The predicted octanol–water partition coefficient (Wildman–Crippen LogP) is 7.47. The van der Waals surface area contributed by atoms with E-state index in [9.17, 15) is 0 Å². The molecule has 0 spiro atoms. The molecule has 30 heavy (non-hydrogen) atoms. The largest absolute Gasteiger partial charge is 0.464 e. The summed E-state index contributed by atoms with van der Waals surface area (Å²) in [6.45, 7) is 4.42. The average molecular weight is 482 g/mol. The summed E-state index contributed by atoms with van der Waals surface area (Å²) in [6.07, 6.45) is 0.573. The minimum Gasteiger partial charge on any atom is -0.464 e. The number of fused-ring (bicyclic) bond motifs is 3.